The number of hydrogen-bond donors (Lipinski definition) is 5. The standard InChI is InChI=1S/C27H32N4O8/c28-14-6-10-19(30-27(38)39-16-17-7-2-1-3-8-17)24(33)29-20(25(34)35)12-13-23(32)31-21-11-5-4-9-18(21)15-22(31)26(36)37/h1-5,7-9,11,19-20,22H,6,10,12-16,28H2,(H,29,33)(H,30,38)(H,34,35)(H,36,37)/t19-,20+,22-/m0/s1. The van der Waals surface area contributed by atoms with Crippen molar-refractivity contribution in [3.63, 3.8) is 0 Å². The van der Waals surface area contributed by atoms with Crippen molar-refractivity contribution in [2.75, 3.05) is 11.4 Å². The highest BCUT2D eigenvalue weighted by Gasteiger charge is 2.38. The van der Waals surface area contributed by atoms with Crippen LogP contribution >= 0.6 is 0 Å². The van der Waals surface area contributed by atoms with Gasteiger partial charge in [-0.25, -0.2) is 14.4 Å². The quantitative estimate of drug-likeness (QED) is 0.250. The van der Waals surface area contributed by atoms with Crippen LogP contribution in [0.4, 0.5) is 10.5 Å². The van der Waals surface area contributed by atoms with Gasteiger partial charge in [-0.2, -0.15) is 0 Å². The van der Waals surface area contributed by atoms with E-state index in [9.17, 15) is 34.2 Å². The average Bonchev–Trinajstić information content (AvgIpc) is 3.32. The van der Waals surface area contributed by atoms with Gasteiger partial charge in [0.25, 0.3) is 0 Å². The zero-order valence-electron chi connectivity index (χ0n) is 21.2. The van der Waals surface area contributed by atoms with Crippen LogP contribution in [0.25, 0.3) is 0 Å². The van der Waals surface area contributed by atoms with Crippen LogP contribution in [0.5, 0.6) is 0 Å². The van der Waals surface area contributed by atoms with Crippen molar-refractivity contribution >= 4 is 35.5 Å². The number of anilines is 1. The summed E-state index contributed by atoms with van der Waals surface area (Å²) in [5.74, 6) is -3.89. The molecule has 0 fully saturated rings. The highest BCUT2D eigenvalue weighted by Crippen LogP contribution is 2.33. The number of carboxylic acids is 2. The molecule has 39 heavy (non-hydrogen) atoms. The maximum absolute atomic E-state index is 13.0. The van der Waals surface area contributed by atoms with Gasteiger partial charge in [-0.05, 0) is 43.0 Å². The summed E-state index contributed by atoms with van der Waals surface area (Å²) in [6.45, 7) is 0.220. The molecule has 0 aromatic heterocycles. The zero-order valence-corrected chi connectivity index (χ0v) is 21.2. The number of carbonyl (C=O) groups is 5. The number of ether oxygens (including phenoxy) is 1. The number of nitrogens with zero attached hydrogens (tertiary/aromatic N) is 1. The molecule has 1 aliphatic heterocycles. The topological polar surface area (TPSA) is 188 Å². The van der Waals surface area contributed by atoms with Gasteiger partial charge in [-0.15, -0.1) is 0 Å². The molecule has 0 spiro atoms. The molecule has 2 aromatic carbocycles. The second-order valence-electron chi connectivity index (χ2n) is 9.08. The van der Waals surface area contributed by atoms with Crippen LogP contribution < -0.4 is 21.3 Å². The van der Waals surface area contributed by atoms with Crippen LogP contribution in [0, 0.1) is 0 Å². The van der Waals surface area contributed by atoms with Crippen molar-refractivity contribution in [3.8, 4) is 0 Å². The lowest BCUT2D eigenvalue weighted by molar-refractivity contribution is -0.143. The molecule has 0 saturated carbocycles. The minimum atomic E-state index is -1.45. The van der Waals surface area contributed by atoms with Crippen molar-refractivity contribution in [1.82, 2.24) is 10.6 Å². The van der Waals surface area contributed by atoms with Crippen molar-refractivity contribution < 1.29 is 38.9 Å². The van der Waals surface area contributed by atoms with Gasteiger partial charge in [0.2, 0.25) is 11.8 Å². The lowest BCUT2D eigenvalue weighted by atomic mass is 10.1. The summed E-state index contributed by atoms with van der Waals surface area (Å²) in [7, 11) is 0. The molecule has 208 valence electrons. The van der Waals surface area contributed by atoms with E-state index in [1.807, 2.05) is 6.07 Å². The molecule has 3 amide bonds. The van der Waals surface area contributed by atoms with Gasteiger partial charge in [-0.1, -0.05) is 48.5 Å². The molecule has 0 unspecified atom stereocenters. The molecule has 6 N–H and O–H groups in total. The number of para-hydroxylation sites is 1. The van der Waals surface area contributed by atoms with Crippen molar-refractivity contribution in [3.05, 3.63) is 65.7 Å². The Morgan fingerprint density at radius 1 is 0.949 bits per heavy atom. The molecule has 1 aliphatic rings. The molecule has 12 nitrogen and oxygen atoms in total. The van der Waals surface area contributed by atoms with Gasteiger partial charge >= 0.3 is 18.0 Å². The van der Waals surface area contributed by atoms with Gasteiger partial charge in [0.1, 0.15) is 24.7 Å². The number of carbonyl (C=O) groups excluding carboxylic acids is 3. The maximum atomic E-state index is 13.0. The molecule has 0 aliphatic carbocycles. The Morgan fingerprint density at radius 3 is 2.31 bits per heavy atom. The fraction of sp³-hybridized carbons (Fsp3) is 0.370. The van der Waals surface area contributed by atoms with Crippen LogP contribution in [-0.4, -0.2) is 64.7 Å². The molecule has 2 aromatic rings. The van der Waals surface area contributed by atoms with Crippen LogP contribution in [0.15, 0.2) is 54.6 Å². The first-order valence-electron chi connectivity index (χ1n) is 12.5. The van der Waals surface area contributed by atoms with E-state index in [0.29, 0.717) is 17.7 Å². The third-order valence-electron chi connectivity index (χ3n) is 6.31. The number of fused-ring (bicyclic) bond motifs is 1. The van der Waals surface area contributed by atoms with Crippen LogP contribution in [-0.2, 0) is 36.9 Å². The van der Waals surface area contributed by atoms with E-state index in [-0.39, 0.29) is 38.8 Å². The first kappa shape index (κ1) is 29.1. The normalized spacial score (nSPS) is 15.5. The van der Waals surface area contributed by atoms with Crippen molar-refractivity contribution in [1.29, 1.82) is 0 Å². The average molecular weight is 541 g/mol. The number of hydrogen-bond acceptors (Lipinski definition) is 7. The van der Waals surface area contributed by atoms with E-state index in [0.717, 1.165) is 10.5 Å². The number of nitrogens with two attached hydrogens (primary N) is 1. The molecule has 1 heterocycles. The molecular weight excluding hydrogens is 508 g/mol. The molecular formula is C27H32N4O8. The van der Waals surface area contributed by atoms with Gasteiger partial charge in [-0.3, -0.25) is 14.5 Å². The zero-order chi connectivity index (χ0) is 28.4. The minimum Gasteiger partial charge on any atom is -0.480 e. The van der Waals surface area contributed by atoms with E-state index in [1.165, 1.54) is 0 Å². The highest BCUT2D eigenvalue weighted by molar-refractivity contribution is 6.02. The summed E-state index contributed by atoms with van der Waals surface area (Å²) >= 11 is 0. The Balaban J connectivity index is 1.61. The highest BCUT2D eigenvalue weighted by atomic mass is 16.5. The summed E-state index contributed by atoms with van der Waals surface area (Å²) in [6.07, 6.45) is -0.810. The number of benzene rings is 2. The van der Waals surface area contributed by atoms with E-state index in [2.05, 4.69) is 10.6 Å². The summed E-state index contributed by atoms with van der Waals surface area (Å²) in [4.78, 5) is 63.0. The van der Waals surface area contributed by atoms with E-state index >= 15 is 0 Å². The van der Waals surface area contributed by atoms with Gasteiger partial charge in [0.15, 0.2) is 0 Å². The van der Waals surface area contributed by atoms with E-state index < -0.39 is 48.0 Å². The predicted octanol–water partition coefficient (Wildman–Crippen LogP) is 1.41. The first-order chi connectivity index (χ1) is 18.7. The number of carboxylic acid groups (broad SMARTS) is 2. The number of aliphatic carboxylic acids is 2. The molecule has 3 atom stereocenters. The summed E-state index contributed by atoms with van der Waals surface area (Å²) in [5, 5.41) is 24.1. The van der Waals surface area contributed by atoms with Crippen molar-refractivity contribution in [2.45, 2.75) is 56.8 Å². The molecule has 0 radical (unpaired) electrons. The second kappa shape index (κ2) is 13.9. The molecule has 3 rings (SSSR count). The Hall–Kier alpha value is -4.45. The van der Waals surface area contributed by atoms with Crippen molar-refractivity contribution in [2.24, 2.45) is 5.73 Å². The number of alkyl carbamates (subject to hydrolysis) is 1. The lowest BCUT2D eigenvalue weighted by Crippen LogP contribution is -2.52. The molecule has 12 heteroatoms. The largest absolute Gasteiger partial charge is 0.480 e. The van der Waals surface area contributed by atoms with Crippen LogP contribution in [0.2, 0.25) is 0 Å². The fourth-order valence-electron chi connectivity index (χ4n) is 4.31. The Labute approximate surface area is 225 Å². The van der Waals surface area contributed by atoms with Crippen LogP contribution in [0.3, 0.4) is 0 Å². The van der Waals surface area contributed by atoms with Gasteiger partial charge < -0.3 is 31.3 Å². The third-order valence-corrected chi connectivity index (χ3v) is 6.31. The Bertz CT molecular complexity index is 1190. The SMILES string of the molecule is NCCC[C@H](NC(=O)OCc1ccccc1)C(=O)N[C@H](CCC(=O)N1c2ccccc2C[C@H]1C(=O)O)C(=O)O. The first-order valence-corrected chi connectivity index (χ1v) is 12.5. The summed E-state index contributed by atoms with van der Waals surface area (Å²) in [6, 6.07) is 12.1. The molecule has 0 saturated heterocycles. The number of amides is 3. The van der Waals surface area contributed by atoms with Crippen LogP contribution in [0.1, 0.15) is 36.8 Å². The Morgan fingerprint density at radius 2 is 1.64 bits per heavy atom. The fourth-order valence-corrected chi connectivity index (χ4v) is 4.31. The Kier molecular flexibility index (Phi) is 10.4. The minimum absolute atomic E-state index is 0.0191. The maximum Gasteiger partial charge on any atom is 0.408 e. The molecule has 0 bridgehead atoms. The second-order valence-corrected chi connectivity index (χ2v) is 9.08. The monoisotopic (exact) mass is 540 g/mol. The van der Waals surface area contributed by atoms with Gasteiger partial charge in [0, 0.05) is 18.5 Å². The van der Waals surface area contributed by atoms with E-state index in [1.54, 1.807) is 48.5 Å². The lowest BCUT2D eigenvalue weighted by Gasteiger charge is -2.24. The summed E-state index contributed by atoms with van der Waals surface area (Å²) in [5.41, 5.74) is 7.46. The number of nitrogens with one attached hydrogen (secondary N) is 2. The predicted molar refractivity (Wildman–Crippen MR) is 140 cm³/mol. The third kappa shape index (κ3) is 8.01. The number of rotatable bonds is 13. The van der Waals surface area contributed by atoms with Gasteiger partial charge in [0.05, 0.1) is 0 Å². The summed E-state index contributed by atoms with van der Waals surface area (Å²) < 4.78 is 5.16. The van der Waals surface area contributed by atoms with E-state index in [4.69, 9.17) is 10.5 Å². The smallest absolute Gasteiger partial charge is 0.408 e.